The van der Waals surface area contributed by atoms with Gasteiger partial charge in [-0.2, -0.15) is 0 Å². The average Bonchev–Trinajstić information content (AvgIpc) is 2.61. The molecule has 2 amide bonds. The third kappa shape index (κ3) is 4.04. The van der Waals surface area contributed by atoms with E-state index in [2.05, 4.69) is 10.1 Å². The smallest absolute Gasteiger partial charge is 0.407 e. The highest BCUT2D eigenvalue weighted by Crippen LogP contribution is 2.19. The Balaban J connectivity index is 2.02. The van der Waals surface area contributed by atoms with Crippen LogP contribution < -0.4 is 5.32 Å². The number of benzene rings is 1. The fraction of sp³-hybridized carbons (Fsp3) is 0.471. The third-order valence-electron chi connectivity index (χ3n) is 4.24. The number of piperidine rings is 1. The predicted octanol–water partition coefficient (Wildman–Crippen LogP) is 2.18. The third-order valence-corrected chi connectivity index (χ3v) is 4.24. The molecule has 1 unspecified atom stereocenters. The number of rotatable bonds is 4. The van der Waals surface area contributed by atoms with Crippen LogP contribution >= 0.6 is 0 Å². The van der Waals surface area contributed by atoms with Gasteiger partial charge in [0.15, 0.2) is 0 Å². The van der Waals surface area contributed by atoms with E-state index in [4.69, 9.17) is 0 Å². The van der Waals surface area contributed by atoms with Gasteiger partial charge in [0.2, 0.25) is 5.91 Å². The lowest BCUT2D eigenvalue weighted by Gasteiger charge is -2.33. The number of hydrogen-bond acceptors (Lipinski definition) is 4. The number of carbonyl (C=O) groups excluding carboxylic acids is 2. The zero-order chi connectivity index (χ0) is 17.7. The van der Waals surface area contributed by atoms with Crippen molar-refractivity contribution < 1.29 is 24.2 Å². The van der Waals surface area contributed by atoms with Crippen LogP contribution in [-0.4, -0.2) is 47.7 Å². The topological polar surface area (TPSA) is 95.9 Å². The minimum atomic E-state index is -1.06. The molecule has 2 atom stereocenters. The number of hydrogen-bond donors (Lipinski definition) is 2. The summed E-state index contributed by atoms with van der Waals surface area (Å²) in [4.78, 5) is 36.3. The van der Waals surface area contributed by atoms with E-state index in [1.807, 2.05) is 6.92 Å². The van der Waals surface area contributed by atoms with Gasteiger partial charge in [-0.15, -0.1) is 0 Å². The Morgan fingerprint density at radius 2 is 1.92 bits per heavy atom. The van der Waals surface area contributed by atoms with Crippen molar-refractivity contribution >= 4 is 18.0 Å². The number of esters is 1. The summed E-state index contributed by atoms with van der Waals surface area (Å²) in [6.45, 7) is 2.20. The number of amides is 2. The zero-order valence-corrected chi connectivity index (χ0v) is 13.8. The number of nitrogens with one attached hydrogen (secondary N) is 1. The second kappa shape index (κ2) is 7.81. The number of carboxylic acid groups (broad SMARTS) is 1. The molecule has 1 aromatic rings. The fourth-order valence-corrected chi connectivity index (χ4v) is 2.85. The summed E-state index contributed by atoms with van der Waals surface area (Å²) in [6.07, 6.45) is 1.08. The van der Waals surface area contributed by atoms with E-state index in [1.165, 1.54) is 12.0 Å². The zero-order valence-electron chi connectivity index (χ0n) is 13.8. The average molecular weight is 334 g/mol. The van der Waals surface area contributed by atoms with Crippen LogP contribution in [0.25, 0.3) is 0 Å². The molecule has 1 heterocycles. The van der Waals surface area contributed by atoms with Crippen molar-refractivity contribution in [1.82, 2.24) is 10.2 Å². The fourth-order valence-electron chi connectivity index (χ4n) is 2.85. The van der Waals surface area contributed by atoms with Gasteiger partial charge in [-0.1, -0.05) is 12.1 Å². The Hall–Kier alpha value is -2.57. The van der Waals surface area contributed by atoms with Crippen molar-refractivity contribution in [2.75, 3.05) is 13.7 Å². The number of methoxy groups -OCH3 is 1. The lowest BCUT2D eigenvalue weighted by atomic mass is 10.0. The summed E-state index contributed by atoms with van der Waals surface area (Å²) < 4.78 is 4.64. The Labute approximate surface area is 140 Å². The molecule has 0 aromatic heterocycles. The summed E-state index contributed by atoms with van der Waals surface area (Å²) >= 11 is 0. The van der Waals surface area contributed by atoms with Crippen LogP contribution in [0.4, 0.5) is 4.79 Å². The molecule has 24 heavy (non-hydrogen) atoms. The molecule has 7 heteroatoms. The highest BCUT2D eigenvalue weighted by Gasteiger charge is 2.32. The van der Waals surface area contributed by atoms with Gasteiger partial charge in [0.1, 0.15) is 6.04 Å². The molecule has 1 aliphatic rings. The maximum Gasteiger partial charge on any atom is 0.407 e. The van der Waals surface area contributed by atoms with Crippen molar-refractivity contribution in [3.63, 3.8) is 0 Å². The molecule has 2 N–H and O–H groups in total. The summed E-state index contributed by atoms with van der Waals surface area (Å²) in [7, 11) is 1.32. The molecular formula is C17H22N2O5. The molecule has 0 bridgehead atoms. The van der Waals surface area contributed by atoms with Gasteiger partial charge in [0.25, 0.3) is 0 Å². The molecule has 1 aromatic carbocycles. The van der Waals surface area contributed by atoms with Gasteiger partial charge < -0.3 is 15.2 Å². The molecule has 1 fully saturated rings. The van der Waals surface area contributed by atoms with E-state index in [-0.39, 0.29) is 11.9 Å². The first kappa shape index (κ1) is 17.8. The predicted molar refractivity (Wildman–Crippen MR) is 86.7 cm³/mol. The van der Waals surface area contributed by atoms with E-state index in [1.54, 1.807) is 24.3 Å². The summed E-state index contributed by atoms with van der Waals surface area (Å²) in [6, 6.07) is 5.82. The standard InChI is InChI=1S/C17H22N2O5/c1-11(12-6-8-13(9-7-12)16(21)24-2)18-15(20)14-5-3-4-10-19(14)17(22)23/h6-9,11,14H,3-5,10H2,1-2H3,(H,18,20)(H,22,23)/t11-,14?/m0/s1. The van der Waals surface area contributed by atoms with E-state index in [0.717, 1.165) is 18.4 Å². The number of likely N-dealkylation sites (tertiary alicyclic amines) is 1. The molecule has 130 valence electrons. The molecular weight excluding hydrogens is 312 g/mol. The van der Waals surface area contributed by atoms with E-state index in [9.17, 15) is 19.5 Å². The number of ether oxygens (including phenoxy) is 1. The molecule has 2 rings (SSSR count). The van der Waals surface area contributed by atoms with Crippen molar-refractivity contribution in [2.24, 2.45) is 0 Å². The van der Waals surface area contributed by atoms with Gasteiger partial charge in [-0.3, -0.25) is 9.69 Å². The molecule has 0 aliphatic carbocycles. The normalized spacial score (nSPS) is 18.6. The summed E-state index contributed by atoms with van der Waals surface area (Å²) in [5.41, 5.74) is 1.26. The van der Waals surface area contributed by atoms with Crippen molar-refractivity contribution in [2.45, 2.75) is 38.3 Å². The second-order valence-electron chi connectivity index (χ2n) is 5.83. The number of carbonyl (C=O) groups is 3. The van der Waals surface area contributed by atoms with Crippen LogP contribution in [0.3, 0.4) is 0 Å². The highest BCUT2D eigenvalue weighted by atomic mass is 16.5. The van der Waals surface area contributed by atoms with Gasteiger partial charge in [-0.25, -0.2) is 9.59 Å². The minimum Gasteiger partial charge on any atom is -0.465 e. The Kier molecular flexibility index (Phi) is 5.78. The van der Waals surface area contributed by atoms with Crippen molar-refractivity contribution in [3.05, 3.63) is 35.4 Å². The largest absolute Gasteiger partial charge is 0.465 e. The SMILES string of the molecule is COC(=O)c1ccc([C@H](C)NC(=O)C2CCCCN2C(=O)O)cc1. The lowest BCUT2D eigenvalue weighted by Crippen LogP contribution is -2.51. The molecule has 0 saturated carbocycles. The Morgan fingerprint density at radius 1 is 1.25 bits per heavy atom. The van der Waals surface area contributed by atoms with Crippen LogP contribution in [0.1, 0.15) is 48.1 Å². The van der Waals surface area contributed by atoms with Gasteiger partial charge in [-0.05, 0) is 43.9 Å². The maximum atomic E-state index is 12.4. The maximum absolute atomic E-state index is 12.4. The van der Waals surface area contributed by atoms with Crippen LogP contribution in [0.2, 0.25) is 0 Å². The quantitative estimate of drug-likeness (QED) is 0.823. The summed E-state index contributed by atoms with van der Waals surface area (Å²) in [5.74, 6) is -0.709. The highest BCUT2D eigenvalue weighted by molar-refractivity contribution is 5.89. The molecule has 0 radical (unpaired) electrons. The van der Waals surface area contributed by atoms with Crippen molar-refractivity contribution in [3.8, 4) is 0 Å². The van der Waals surface area contributed by atoms with E-state index >= 15 is 0 Å². The molecule has 7 nitrogen and oxygen atoms in total. The van der Waals surface area contributed by atoms with Crippen LogP contribution in [0.5, 0.6) is 0 Å². The summed E-state index contributed by atoms with van der Waals surface area (Å²) in [5, 5.41) is 12.1. The van der Waals surface area contributed by atoms with E-state index < -0.39 is 18.1 Å². The monoisotopic (exact) mass is 334 g/mol. The molecule has 0 spiro atoms. The Morgan fingerprint density at radius 3 is 2.50 bits per heavy atom. The number of nitrogens with zero attached hydrogens (tertiary/aromatic N) is 1. The van der Waals surface area contributed by atoms with Crippen molar-refractivity contribution in [1.29, 1.82) is 0 Å². The second-order valence-corrected chi connectivity index (χ2v) is 5.83. The van der Waals surface area contributed by atoms with Gasteiger partial charge >= 0.3 is 12.1 Å². The minimum absolute atomic E-state index is 0.290. The first-order chi connectivity index (χ1) is 11.4. The Bertz CT molecular complexity index is 614. The van der Waals surface area contributed by atoms with Crippen LogP contribution in [0, 0.1) is 0 Å². The van der Waals surface area contributed by atoms with Gasteiger partial charge in [0.05, 0.1) is 18.7 Å². The van der Waals surface area contributed by atoms with Crippen LogP contribution in [-0.2, 0) is 9.53 Å². The first-order valence-electron chi connectivity index (χ1n) is 7.92. The molecule has 1 aliphatic heterocycles. The van der Waals surface area contributed by atoms with Crippen LogP contribution in [0.15, 0.2) is 24.3 Å². The first-order valence-corrected chi connectivity index (χ1v) is 7.92. The van der Waals surface area contributed by atoms with E-state index in [0.29, 0.717) is 18.5 Å². The lowest BCUT2D eigenvalue weighted by molar-refractivity contribution is -0.127. The van der Waals surface area contributed by atoms with Gasteiger partial charge in [0, 0.05) is 6.54 Å². The molecule has 1 saturated heterocycles.